The van der Waals surface area contributed by atoms with E-state index in [1.165, 1.54) is 13.2 Å². The van der Waals surface area contributed by atoms with Gasteiger partial charge in [-0.15, -0.1) is 0 Å². The second-order valence-electron chi connectivity index (χ2n) is 4.39. The lowest BCUT2D eigenvalue weighted by Crippen LogP contribution is -2.31. The first-order valence-corrected chi connectivity index (χ1v) is 6.13. The molecule has 1 aromatic carbocycles. The van der Waals surface area contributed by atoms with E-state index in [0.29, 0.717) is 16.8 Å². The van der Waals surface area contributed by atoms with Crippen LogP contribution in [0, 0.1) is 0 Å². The number of hydrogen-bond acceptors (Lipinski definition) is 3. The number of benzene rings is 1. The second kappa shape index (κ2) is 5.81. The second-order valence-corrected chi connectivity index (χ2v) is 4.39. The number of carbonyl (C=O) groups is 1. The molecule has 0 aliphatic carbocycles. The van der Waals surface area contributed by atoms with E-state index < -0.39 is 18.9 Å². The highest BCUT2D eigenvalue weighted by atomic mass is 19.3. The topological polar surface area (TPSA) is 45.2 Å². The van der Waals surface area contributed by atoms with Crippen molar-refractivity contribution in [1.82, 2.24) is 9.88 Å². The SMILES string of the molecule is CNc1ncc(C(=O)N(C)CC(F)F)c2ccccc12. The summed E-state index contributed by atoms with van der Waals surface area (Å²) in [4.78, 5) is 17.4. The minimum absolute atomic E-state index is 0.322. The molecule has 0 atom stereocenters. The Kier molecular flexibility index (Phi) is 4.12. The first-order valence-electron chi connectivity index (χ1n) is 6.13. The van der Waals surface area contributed by atoms with Crippen LogP contribution >= 0.6 is 0 Å². The molecule has 0 spiro atoms. The molecule has 0 unspecified atom stereocenters. The lowest BCUT2D eigenvalue weighted by atomic mass is 10.1. The summed E-state index contributed by atoms with van der Waals surface area (Å²) in [5, 5.41) is 4.42. The van der Waals surface area contributed by atoms with E-state index in [0.717, 1.165) is 10.3 Å². The van der Waals surface area contributed by atoms with E-state index in [9.17, 15) is 13.6 Å². The van der Waals surface area contributed by atoms with E-state index in [2.05, 4.69) is 10.3 Å². The molecular formula is C14H15F2N3O. The summed E-state index contributed by atoms with van der Waals surface area (Å²) in [6.07, 6.45) is -1.14. The quantitative estimate of drug-likeness (QED) is 0.935. The summed E-state index contributed by atoms with van der Waals surface area (Å²) in [5.41, 5.74) is 0.322. The average Bonchev–Trinajstić information content (AvgIpc) is 2.44. The van der Waals surface area contributed by atoms with Crippen molar-refractivity contribution in [2.45, 2.75) is 6.43 Å². The van der Waals surface area contributed by atoms with Crippen molar-refractivity contribution < 1.29 is 13.6 Å². The van der Waals surface area contributed by atoms with Gasteiger partial charge in [-0.25, -0.2) is 13.8 Å². The minimum atomic E-state index is -2.56. The van der Waals surface area contributed by atoms with E-state index in [1.807, 2.05) is 12.1 Å². The number of nitrogens with zero attached hydrogens (tertiary/aromatic N) is 2. The van der Waals surface area contributed by atoms with Gasteiger partial charge in [0, 0.05) is 25.7 Å². The molecule has 0 saturated heterocycles. The summed E-state index contributed by atoms with van der Waals surface area (Å²) >= 11 is 0. The molecule has 0 aliphatic rings. The fourth-order valence-electron chi connectivity index (χ4n) is 2.06. The first-order chi connectivity index (χ1) is 9.54. The van der Waals surface area contributed by atoms with Crippen LogP contribution in [0.25, 0.3) is 10.8 Å². The van der Waals surface area contributed by atoms with Crippen LogP contribution in [0.15, 0.2) is 30.5 Å². The van der Waals surface area contributed by atoms with Crippen LogP contribution in [-0.2, 0) is 0 Å². The Hall–Kier alpha value is -2.24. The molecular weight excluding hydrogens is 264 g/mol. The number of amides is 1. The number of halogens is 2. The van der Waals surface area contributed by atoms with Gasteiger partial charge in [0.05, 0.1) is 12.1 Å². The van der Waals surface area contributed by atoms with Gasteiger partial charge in [-0.1, -0.05) is 24.3 Å². The van der Waals surface area contributed by atoms with Crippen molar-refractivity contribution in [3.05, 3.63) is 36.0 Å². The lowest BCUT2D eigenvalue weighted by Gasteiger charge is -2.18. The van der Waals surface area contributed by atoms with Crippen molar-refractivity contribution in [3.63, 3.8) is 0 Å². The molecule has 1 heterocycles. The van der Waals surface area contributed by atoms with Gasteiger partial charge in [0.1, 0.15) is 5.82 Å². The van der Waals surface area contributed by atoms with E-state index in [1.54, 1.807) is 19.2 Å². The number of alkyl halides is 2. The number of rotatable bonds is 4. The number of anilines is 1. The Bertz CT molecular complexity index is 631. The normalized spacial score (nSPS) is 10.8. The van der Waals surface area contributed by atoms with Gasteiger partial charge in [-0.2, -0.15) is 0 Å². The third-order valence-electron chi connectivity index (χ3n) is 3.02. The summed E-state index contributed by atoms with van der Waals surface area (Å²) in [6.45, 7) is -0.596. The molecule has 6 heteroatoms. The Labute approximate surface area is 115 Å². The van der Waals surface area contributed by atoms with Gasteiger partial charge >= 0.3 is 0 Å². The summed E-state index contributed by atoms with van der Waals surface area (Å²) < 4.78 is 24.7. The van der Waals surface area contributed by atoms with E-state index in [4.69, 9.17) is 0 Å². The van der Waals surface area contributed by atoms with Crippen molar-refractivity contribution in [1.29, 1.82) is 0 Å². The zero-order valence-corrected chi connectivity index (χ0v) is 11.2. The molecule has 1 N–H and O–H groups in total. The molecule has 1 aromatic heterocycles. The van der Waals surface area contributed by atoms with Crippen LogP contribution in [0.3, 0.4) is 0 Å². The van der Waals surface area contributed by atoms with Crippen LogP contribution in [0.2, 0.25) is 0 Å². The van der Waals surface area contributed by atoms with Gasteiger partial charge in [-0.3, -0.25) is 4.79 Å². The van der Waals surface area contributed by atoms with Gasteiger partial charge in [0.2, 0.25) is 0 Å². The first kappa shape index (κ1) is 14.2. The fraction of sp³-hybridized carbons (Fsp3) is 0.286. The Balaban J connectivity index is 2.47. The zero-order valence-electron chi connectivity index (χ0n) is 11.2. The molecule has 0 aliphatic heterocycles. The van der Waals surface area contributed by atoms with E-state index in [-0.39, 0.29) is 0 Å². The average molecular weight is 279 g/mol. The molecule has 4 nitrogen and oxygen atoms in total. The molecule has 106 valence electrons. The number of fused-ring (bicyclic) bond motifs is 1. The highest BCUT2D eigenvalue weighted by Gasteiger charge is 2.19. The Morgan fingerprint density at radius 1 is 1.35 bits per heavy atom. The zero-order chi connectivity index (χ0) is 14.7. The van der Waals surface area contributed by atoms with Gasteiger partial charge in [0.15, 0.2) is 0 Å². The standard InChI is InChI=1S/C14H15F2N3O/c1-17-13-10-6-4-3-5-9(10)11(7-18-13)14(20)19(2)8-12(15)16/h3-7,12H,8H2,1-2H3,(H,17,18). The van der Waals surface area contributed by atoms with Crippen molar-refractivity contribution in [2.24, 2.45) is 0 Å². The molecule has 20 heavy (non-hydrogen) atoms. The van der Waals surface area contributed by atoms with Gasteiger partial charge < -0.3 is 10.2 Å². The maximum absolute atomic E-state index is 12.4. The predicted octanol–water partition coefficient (Wildman–Crippen LogP) is 2.61. The summed E-state index contributed by atoms with van der Waals surface area (Å²) in [6, 6.07) is 7.24. The smallest absolute Gasteiger partial charge is 0.255 e. The maximum atomic E-state index is 12.4. The molecule has 0 fully saturated rings. The molecule has 0 radical (unpaired) electrons. The third kappa shape index (κ3) is 2.68. The van der Waals surface area contributed by atoms with Crippen LogP contribution in [0.4, 0.5) is 14.6 Å². The monoisotopic (exact) mass is 279 g/mol. The Morgan fingerprint density at radius 2 is 2.00 bits per heavy atom. The number of carbonyl (C=O) groups excluding carboxylic acids is 1. The third-order valence-corrected chi connectivity index (χ3v) is 3.02. The minimum Gasteiger partial charge on any atom is -0.373 e. The Morgan fingerprint density at radius 3 is 2.60 bits per heavy atom. The van der Waals surface area contributed by atoms with Crippen LogP contribution in [-0.4, -0.2) is 42.9 Å². The number of hydrogen-bond donors (Lipinski definition) is 1. The number of pyridine rings is 1. The highest BCUT2D eigenvalue weighted by molar-refractivity contribution is 6.09. The number of aromatic nitrogens is 1. The fourth-order valence-corrected chi connectivity index (χ4v) is 2.06. The maximum Gasteiger partial charge on any atom is 0.255 e. The predicted molar refractivity (Wildman–Crippen MR) is 74.3 cm³/mol. The molecule has 2 aromatic rings. The molecule has 1 amide bonds. The molecule has 2 rings (SSSR count). The summed E-state index contributed by atoms with van der Waals surface area (Å²) in [5.74, 6) is 0.185. The number of nitrogens with one attached hydrogen (secondary N) is 1. The van der Waals surface area contributed by atoms with Crippen molar-refractivity contribution in [3.8, 4) is 0 Å². The van der Waals surface area contributed by atoms with Crippen LogP contribution in [0.1, 0.15) is 10.4 Å². The summed E-state index contributed by atoms with van der Waals surface area (Å²) in [7, 11) is 3.09. The van der Waals surface area contributed by atoms with Gasteiger partial charge in [0.25, 0.3) is 12.3 Å². The van der Waals surface area contributed by atoms with Crippen LogP contribution in [0.5, 0.6) is 0 Å². The van der Waals surface area contributed by atoms with Crippen molar-refractivity contribution >= 4 is 22.5 Å². The van der Waals surface area contributed by atoms with E-state index >= 15 is 0 Å². The van der Waals surface area contributed by atoms with Crippen LogP contribution < -0.4 is 5.32 Å². The largest absolute Gasteiger partial charge is 0.373 e. The van der Waals surface area contributed by atoms with Crippen molar-refractivity contribution in [2.75, 3.05) is 26.0 Å². The molecule has 0 bridgehead atoms. The van der Waals surface area contributed by atoms with Gasteiger partial charge in [-0.05, 0) is 5.39 Å². The lowest BCUT2D eigenvalue weighted by molar-refractivity contribution is 0.0621. The molecule has 0 saturated carbocycles. The highest BCUT2D eigenvalue weighted by Crippen LogP contribution is 2.24.